The van der Waals surface area contributed by atoms with Gasteiger partial charge in [-0.3, -0.25) is 25.1 Å². The number of non-ortho nitro benzene ring substituents is 2. The molecule has 9 nitrogen and oxygen atoms in total. The Kier molecular flexibility index (Phi) is 5.68. The van der Waals surface area contributed by atoms with Gasteiger partial charge in [0.2, 0.25) is 0 Å². The summed E-state index contributed by atoms with van der Waals surface area (Å²) in [6.45, 7) is 2.06. The molecule has 160 valence electrons. The smallest absolute Gasteiger partial charge is 0.270 e. The van der Waals surface area contributed by atoms with Crippen LogP contribution in [0.25, 0.3) is 0 Å². The summed E-state index contributed by atoms with van der Waals surface area (Å²) < 4.78 is 7.65. The van der Waals surface area contributed by atoms with Crippen molar-refractivity contribution in [2.75, 3.05) is 13.7 Å². The number of fused-ring (bicyclic) bond motifs is 1. The Balaban J connectivity index is 1.76. The van der Waals surface area contributed by atoms with E-state index >= 15 is 0 Å². The van der Waals surface area contributed by atoms with Crippen LogP contribution in [0.4, 0.5) is 11.4 Å². The minimum absolute atomic E-state index is 0.0147. The Hall–Kier alpha value is -3.72. The second-order valence-corrected chi connectivity index (χ2v) is 7.45. The summed E-state index contributed by atoms with van der Waals surface area (Å²) in [5.41, 5.74) is 2.79. The summed E-state index contributed by atoms with van der Waals surface area (Å²) in [5.74, 6) is 0.590. The van der Waals surface area contributed by atoms with Crippen molar-refractivity contribution in [1.82, 2.24) is 9.47 Å². The van der Waals surface area contributed by atoms with Crippen LogP contribution >= 0.6 is 0 Å². The van der Waals surface area contributed by atoms with Gasteiger partial charge in [0.25, 0.3) is 11.4 Å². The second kappa shape index (κ2) is 8.57. The minimum Gasteiger partial charge on any atom is -0.496 e. The molecule has 0 N–H and O–H groups in total. The first kappa shape index (κ1) is 20.5. The monoisotopic (exact) mass is 422 g/mol. The lowest BCUT2D eigenvalue weighted by Crippen LogP contribution is -2.29. The fraction of sp³-hybridized carbons (Fsp3) is 0.273. The van der Waals surface area contributed by atoms with E-state index in [4.69, 9.17) is 4.74 Å². The SMILES string of the molecule is COc1ccc([N+](=O)[O-])cc1CN1CCCn2cccc2C1c1ccc([N+](=O)[O-])cc1. The van der Waals surface area contributed by atoms with Gasteiger partial charge in [-0.25, -0.2) is 0 Å². The summed E-state index contributed by atoms with van der Waals surface area (Å²) >= 11 is 0. The van der Waals surface area contributed by atoms with Crippen molar-refractivity contribution in [3.8, 4) is 5.75 Å². The first-order valence-electron chi connectivity index (χ1n) is 9.92. The number of benzene rings is 2. The van der Waals surface area contributed by atoms with Gasteiger partial charge in [0.1, 0.15) is 5.75 Å². The van der Waals surface area contributed by atoms with Gasteiger partial charge < -0.3 is 9.30 Å². The van der Waals surface area contributed by atoms with Gasteiger partial charge in [-0.15, -0.1) is 0 Å². The first-order chi connectivity index (χ1) is 15.0. The largest absolute Gasteiger partial charge is 0.496 e. The molecule has 4 rings (SSSR count). The molecule has 1 aliphatic rings. The molecule has 0 aliphatic carbocycles. The lowest BCUT2D eigenvalue weighted by molar-refractivity contribution is -0.385. The minimum atomic E-state index is -0.412. The zero-order valence-electron chi connectivity index (χ0n) is 17.0. The number of aromatic nitrogens is 1. The average Bonchev–Trinajstić information content (AvgIpc) is 3.15. The predicted octanol–water partition coefficient (Wildman–Crippen LogP) is 4.31. The molecule has 0 amide bonds. The number of nitrogens with zero attached hydrogens (tertiary/aromatic N) is 4. The van der Waals surface area contributed by atoms with E-state index in [1.54, 1.807) is 31.4 Å². The highest BCUT2D eigenvalue weighted by Crippen LogP contribution is 2.35. The van der Waals surface area contributed by atoms with Crippen molar-refractivity contribution >= 4 is 11.4 Å². The Labute approximate surface area is 178 Å². The van der Waals surface area contributed by atoms with Crippen molar-refractivity contribution < 1.29 is 14.6 Å². The van der Waals surface area contributed by atoms with E-state index in [2.05, 4.69) is 15.5 Å². The summed E-state index contributed by atoms with van der Waals surface area (Å²) in [5, 5.41) is 22.4. The van der Waals surface area contributed by atoms with Crippen molar-refractivity contribution in [2.24, 2.45) is 0 Å². The van der Waals surface area contributed by atoms with Gasteiger partial charge in [0.05, 0.1) is 23.0 Å². The van der Waals surface area contributed by atoms with Crippen LogP contribution in [0.15, 0.2) is 60.8 Å². The number of rotatable bonds is 6. The molecule has 0 spiro atoms. The Morgan fingerprint density at radius 3 is 2.39 bits per heavy atom. The van der Waals surface area contributed by atoms with Gasteiger partial charge in [-0.05, 0) is 30.2 Å². The van der Waals surface area contributed by atoms with E-state index in [0.29, 0.717) is 12.3 Å². The van der Waals surface area contributed by atoms with Gasteiger partial charge in [0.15, 0.2) is 0 Å². The number of nitro groups is 2. The van der Waals surface area contributed by atoms with Crippen LogP contribution in [0.5, 0.6) is 5.75 Å². The van der Waals surface area contributed by atoms with Crippen LogP contribution in [-0.4, -0.2) is 33.0 Å². The van der Waals surface area contributed by atoms with E-state index in [0.717, 1.165) is 36.3 Å². The summed E-state index contributed by atoms with van der Waals surface area (Å²) in [4.78, 5) is 23.8. The van der Waals surface area contributed by atoms with Gasteiger partial charge >= 0.3 is 0 Å². The molecular weight excluding hydrogens is 400 g/mol. The van der Waals surface area contributed by atoms with Crippen LogP contribution in [-0.2, 0) is 13.1 Å². The van der Waals surface area contributed by atoms with E-state index in [9.17, 15) is 20.2 Å². The summed E-state index contributed by atoms with van der Waals surface area (Å²) in [6, 6.07) is 15.1. The standard InChI is InChI=1S/C22H22N4O5/c1-31-21-10-9-19(26(29)30)14-17(21)15-24-13-3-12-23-11-2-4-20(23)22(24)16-5-7-18(8-6-16)25(27)28/h2,4-11,14,22H,3,12-13,15H2,1H3. The fourth-order valence-corrected chi connectivity index (χ4v) is 4.19. The highest BCUT2D eigenvalue weighted by molar-refractivity contribution is 5.44. The fourth-order valence-electron chi connectivity index (χ4n) is 4.19. The average molecular weight is 422 g/mol. The van der Waals surface area contributed by atoms with Crippen molar-refractivity contribution in [3.63, 3.8) is 0 Å². The quantitative estimate of drug-likeness (QED) is 0.433. The molecule has 2 aromatic carbocycles. The molecule has 2 heterocycles. The first-order valence-corrected chi connectivity index (χ1v) is 9.92. The van der Waals surface area contributed by atoms with Crippen LogP contribution in [0.1, 0.15) is 29.3 Å². The van der Waals surface area contributed by atoms with Gasteiger partial charge in [-0.2, -0.15) is 0 Å². The Morgan fingerprint density at radius 1 is 1.00 bits per heavy atom. The molecule has 0 bridgehead atoms. The molecule has 0 fully saturated rings. The Morgan fingerprint density at radius 2 is 1.71 bits per heavy atom. The number of hydrogen-bond acceptors (Lipinski definition) is 6. The summed E-state index contributed by atoms with van der Waals surface area (Å²) in [7, 11) is 1.55. The van der Waals surface area contributed by atoms with E-state index in [-0.39, 0.29) is 17.4 Å². The molecule has 3 aromatic rings. The molecule has 31 heavy (non-hydrogen) atoms. The summed E-state index contributed by atoms with van der Waals surface area (Å²) in [6.07, 6.45) is 2.94. The Bertz CT molecular complexity index is 1110. The van der Waals surface area contributed by atoms with Crippen molar-refractivity contribution in [1.29, 1.82) is 0 Å². The molecule has 1 aliphatic heterocycles. The molecular formula is C22H22N4O5. The van der Waals surface area contributed by atoms with Crippen LogP contribution in [0, 0.1) is 20.2 Å². The second-order valence-electron chi connectivity index (χ2n) is 7.45. The molecule has 0 radical (unpaired) electrons. The molecule has 0 saturated carbocycles. The third-order valence-electron chi connectivity index (χ3n) is 5.62. The number of aryl methyl sites for hydroxylation is 1. The van der Waals surface area contributed by atoms with Crippen molar-refractivity contribution in [3.05, 3.63) is 97.8 Å². The maximum Gasteiger partial charge on any atom is 0.270 e. The maximum absolute atomic E-state index is 11.3. The highest BCUT2D eigenvalue weighted by atomic mass is 16.6. The number of nitro benzene ring substituents is 2. The maximum atomic E-state index is 11.3. The van der Waals surface area contributed by atoms with Crippen molar-refractivity contribution in [2.45, 2.75) is 25.6 Å². The number of ether oxygens (including phenoxy) is 1. The van der Waals surface area contributed by atoms with Crippen LogP contribution < -0.4 is 4.74 Å². The highest BCUT2D eigenvalue weighted by Gasteiger charge is 2.29. The topological polar surface area (TPSA) is 104 Å². The molecule has 1 aromatic heterocycles. The molecule has 0 saturated heterocycles. The third kappa shape index (κ3) is 4.13. The molecule has 9 heteroatoms. The normalized spacial score (nSPS) is 16.4. The third-order valence-corrected chi connectivity index (χ3v) is 5.62. The van der Waals surface area contributed by atoms with E-state index in [1.807, 2.05) is 12.3 Å². The lowest BCUT2D eigenvalue weighted by atomic mass is 10.0. The van der Waals surface area contributed by atoms with E-state index in [1.165, 1.54) is 18.2 Å². The van der Waals surface area contributed by atoms with Crippen LogP contribution in [0.3, 0.4) is 0 Å². The molecule has 1 atom stereocenters. The predicted molar refractivity (Wildman–Crippen MR) is 114 cm³/mol. The number of hydrogen-bond donors (Lipinski definition) is 0. The molecule has 1 unspecified atom stereocenters. The lowest BCUT2D eigenvalue weighted by Gasteiger charge is -2.31. The van der Waals surface area contributed by atoms with Gasteiger partial charge in [0, 0.05) is 61.4 Å². The van der Waals surface area contributed by atoms with Gasteiger partial charge in [-0.1, -0.05) is 12.1 Å². The van der Waals surface area contributed by atoms with E-state index < -0.39 is 9.85 Å². The number of methoxy groups -OCH3 is 1. The zero-order valence-corrected chi connectivity index (χ0v) is 17.0. The van der Waals surface area contributed by atoms with Crippen LogP contribution in [0.2, 0.25) is 0 Å². The zero-order chi connectivity index (χ0) is 22.0.